The monoisotopic (exact) mass is 262 g/mol. The summed E-state index contributed by atoms with van der Waals surface area (Å²) in [5.41, 5.74) is 0. The minimum Gasteiger partial charge on any atom is -0.315 e. The fourth-order valence-electron chi connectivity index (χ4n) is 2.53. The second-order valence-electron chi connectivity index (χ2n) is 4.58. The van der Waals surface area contributed by atoms with Crippen molar-refractivity contribution in [2.24, 2.45) is 0 Å². The van der Waals surface area contributed by atoms with Crippen molar-refractivity contribution in [1.82, 2.24) is 19.2 Å². The lowest BCUT2D eigenvalue weighted by atomic mass is 10.2. The molecule has 2 aliphatic heterocycles. The molecule has 17 heavy (non-hydrogen) atoms. The maximum absolute atomic E-state index is 11.8. The van der Waals surface area contributed by atoms with E-state index in [0.717, 1.165) is 26.2 Å². The number of nitrogens with one attached hydrogen (secondary N) is 2. The Kier molecular flexibility index (Phi) is 4.37. The van der Waals surface area contributed by atoms with E-state index in [4.69, 9.17) is 0 Å². The molecule has 2 saturated heterocycles. The highest BCUT2D eigenvalue weighted by atomic mass is 32.2. The highest BCUT2D eigenvalue weighted by Gasteiger charge is 2.30. The number of rotatable bonds is 4. The second-order valence-corrected chi connectivity index (χ2v) is 6.34. The Morgan fingerprint density at radius 3 is 2.53 bits per heavy atom. The summed E-state index contributed by atoms with van der Waals surface area (Å²) >= 11 is 0. The summed E-state index contributed by atoms with van der Waals surface area (Å²) in [6.07, 6.45) is 1.18. The zero-order valence-electron chi connectivity index (χ0n) is 10.4. The van der Waals surface area contributed by atoms with Crippen molar-refractivity contribution in [1.29, 1.82) is 0 Å². The molecule has 0 aromatic carbocycles. The minimum atomic E-state index is -3.24. The van der Waals surface area contributed by atoms with Crippen LogP contribution in [0.1, 0.15) is 13.3 Å². The smallest absolute Gasteiger partial charge is 0.279 e. The molecule has 2 N–H and O–H groups in total. The second kappa shape index (κ2) is 5.62. The third-order valence-corrected chi connectivity index (χ3v) is 5.19. The molecule has 0 spiro atoms. The Hall–Kier alpha value is -0.210. The molecule has 7 heteroatoms. The van der Waals surface area contributed by atoms with Crippen LogP contribution in [0.5, 0.6) is 0 Å². The first-order valence-electron chi connectivity index (χ1n) is 6.33. The summed E-state index contributed by atoms with van der Waals surface area (Å²) < 4.78 is 27.7. The van der Waals surface area contributed by atoms with Gasteiger partial charge in [-0.05, 0) is 13.0 Å². The van der Waals surface area contributed by atoms with Gasteiger partial charge in [0.05, 0.1) is 0 Å². The van der Waals surface area contributed by atoms with Crippen molar-refractivity contribution in [3.05, 3.63) is 0 Å². The van der Waals surface area contributed by atoms with Crippen LogP contribution in [0.15, 0.2) is 0 Å². The van der Waals surface area contributed by atoms with Crippen LogP contribution in [0, 0.1) is 0 Å². The molecule has 0 aliphatic carbocycles. The van der Waals surface area contributed by atoms with Gasteiger partial charge in [0.2, 0.25) is 0 Å². The Labute approximate surface area is 104 Å². The highest BCUT2D eigenvalue weighted by Crippen LogP contribution is 2.13. The zero-order chi connectivity index (χ0) is 12.3. The molecular weight excluding hydrogens is 240 g/mol. The van der Waals surface area contributed by atoms with Crippen LogP contribution >= 0.6 is 0 Å². The van der Waals surface area contributed by atoms with Crippen LogP contribution in [-0.4, -0.2) is 69.5 Å². The van der Waals surface area contributed by atoms with E-state index >= 15 is 0 Å². The molecule has 0 radical (unpaired) electrons. The quantitative estimate of drug-likeness (QED) is 0.669. The Morgan fingerprint density at radius 1 is 1.29 bits per heavy atom. The molecule has 1 atom stereocenters. The number of nitrogens with zero attached hydrogens (tertiary/aromatic N) is 2. The van der Waals surface area contributed by atoms with Gasteiger partial charge in [0.15, 0.2) is 0 Å². The van der Waals surface area contributed by atoms with Gasteiger partial charge in [0, 0.05) is 45.3 Å². The first kappa shape index (κ1) is 13.2. The van der Waals surface area contributed by atoms with E-state index in [-0.39, 0.29) is 0 Å². The van der Waals surface area contributed by atoms with Gasteiger partial charge in [-0.25, -0.2) is 4.72 Å². The molecule has 0 aromatic rings. The van der Waals surface area contributed by atoms with Crippen LogP contribution in [0.3, 0.4) is 0 Å². The average Bonchev–Trinajstić information content (AvgIpc) is 2.82. The van der Waals surface area contributed by atoms with Gasteiger partial charge < -0.3 is 5.32 Å². The maximum Gasteiger partial charge on any atom is 0.279 e. The molecule has 2 fully saturated rings. The molecule has 1 unspecified atom stereocenters. The van der Waals surface area contributed by atoms with Gasteiger partial charge >= 0.3 is 0 Å². The van der Waals surface area contributed by atoms with Crippen molar-refractivity contribution < 1.29 is 8.42 Å². The van der Waals surface area contributed by atoms with Crippen LogP contribution < -0.4 is 10.0 Å². The lowest BCUT2D eigenvalue weighted by Gasteiger charge is -2.36. The molecule has 2 aliphatic rings. The fourth-order valence-corrected chi connectivity index (χ4v) is 3.73. The van der Waals surface area contributed by atoms with E-state index in [0.29, 0.717) is 25.7 Å². The average molecular weight is 262 g/mol. The SMILES string of the molecule is CCNS(=O)(=O)N1CCN(C2CCNC2)CC1. The summed E-state index contributed by atoms with van der Waals surface area (Å²) in [5.74, 6) is 0. The first-order valence-corrected chi connectivity index (χ1v) is 7.77. The molecule has 2 heterocycles. The number of hydrogen-bond acceptors (Lipinski definition) is 4. The lowest BCUT2D eigenvalue weighted by molar-refractivity contribution is 0.144. The van der Waals surface area contributed by atoms with Crippen molar-refractivity contribution in [3.63, 3.8) is 0 Å². The molecule has 0 saturated carbocycles. The third kappa shape index (κ3) is 3.17. The topological polar surface area (TPSA) is 64.7 Å². The van der Waals surface area contributed by atoms with Crippen LogP contribution in [0.4, 0.5) is 0 Å². The molecule has 2 rings (SSSR count). The molecule has 100 valence electrons. The molecule has 0 bridgehead atoms. The van der Waals surface area contributed by atoms with Crippen LogP contribution in [0.25, 0.3) is 0 Å². The first-order chi connectivity index (χ1) is 8.13. The van der Waals surface area contributed by atoms with Gasteiger partial charge in [0.25, 0.3) is 10.2 Å². The zero-order valence-corrected chi connectivity index (χ0v) is 11.2. The highest BCUT2D eigenvalue weighted by molar-refractivity contribution is 7.87. The Balaban J connectivity index is 1.85. The van der Waals surface area contributed by atoms with Crippen molar-refractivity contribution >= 4 is 10.2 Å². The van der Waals surface area contributed by atoms with Crippen molar-refractivity contribution in [2.45, 2.75) is 19.4 Å². The summed E-state index contributed by atoms with van der Waals surface area (Å²) in [5, 5.41) is 3.35. The summed E-state index contributed by atoms with van der Waals surface area (Å²) in [6.45, 7) is 7.28. The number of piperazine rings is 1. The van der Waals surface area contributed by atoms with Gasteiger partial charge in [-0.3, -0.25) is 4.90 Å². The molecule has 6 nitrogen and oxygen atoms in total. The Morgan fingerprint density at radius 2 is 2.00 bits per heavy atom. The largest absolute Gasteiger partial charge is 0.315 e. The van der Waals surface area contributed by atoms with Gasteiger partial charge in [-0.2, -0.15) is 12.7 Å². The van der Waals surface area contributed by atoms with Gasteiger partial charge in [-0.15, -0.1) is 0 Å². The predicted octanol–water partition coefficient (Wildman–Crippen LogP) is -1.18. The van der Waals surface area contributed by atoms with E-state index in [9.17, 15) is 8.42 Å². The van der Waals surface area contributed by atoms with E-state index in [1.165, 1.54) is 6.42 Å². The maximum atomic E-state index is 11.8. The predicted molar refractivity (Wildman–Crippen MR) is 67.0 cm³/mol. The normalized spacial score (nSPS) is 28.6. The third-order valence-electron chi connectivity index (χ3n) is 3.49. The van der Waals surface area contributed by atoms with E-state index in [1.807, 2.05) is 0 Å². The standard InChI is InChI=1S/C10H22N4O2S/c1-2-12-17(15,16)14-7-5-13(6-8-14)10-3-4-11-9-10/h10-12H,2-9H2,1H3. The van der Waals surface area contributed by atoms with E-state index in [2.05, 4.69) is 14.9 Å². The summed E-state index contributed by atoms with van der Waals surface area (Å²) in [6, 6.07) is 0.596. The van der Waals surface area contributed by atoms with Crippen LogP contribution in [0.2, 0.25) is 0 Å². The van der Waals surface area contributed by atoms with Crippen molar-refractivity contribution in [2.75, 3.05) is 45.8 Å². The molecule has 0 aromatic heterocycles. The Bertz CT molecular complexity index is 332. The number of hydrogen-bond donors (Lipinski definition) is 2. The van der Waals surface area contributed by atoms with Crippen LogP contribution in [-0.2, 0) is 10.2 Å². The van der Waals surface area contributed by atoms with E-state index < -0.39 is 10.2 Å². The van der Waals surface area contributed by atoms with E-state index in [1.54, 1.807) is 11.2 Å². The minimum absolute atomic E-state index is 0.453. The van der Waals surface area contributed by atoms with Gasteiger partial charge in [0.1, 0.15) is 0 Å². The van der Waals surface area contributed by atoms with Gasteiger partial charge in [-0.1, -0.05) is 6.92 Å². The fraction of sp³-hybridized carbons (Fsp3) is 1.00. The summed E-state index contributed by atoms with van der Waals surface area (Å²) in [4.78, 5) is 2.40. The lowest BCUT2D eigenvalue weighted by Crippen LogP contribution is -2.54. The summed E-state index contributed by atoms with van der Waals surface area (Å²) in [7, 11) is -3.24. The van der Waals surface area contributed by atoms with Crippen molar-refractivity contribution in [3.8, 4) is 0 Å². The molecular formula is C10H22N4O2S. The molecule has 0 amide bonds.